The van der Waals surface area contributed by atoms with Gasteiger partial charge in [0.25, 0.3) is 5.56 Å². The van der Waals surface area contributed by atoms with E-state index in [2.05, 4.69) is 15.1 Å². The molecule has 0 aliphatic heterocycles. The second-order valence-corrected chi connectivity index (χ2v) is 6.74. The zero-order valence-electron chi connectivity index (χ0n) is 11.9. The molecule has 0 N–H and O–H groups in total. The van der Waals surface area contributed by atoms with Gasteiger partial charge in [-0.1, -0.05) is 34.4 Å². The van der Waals surface area contributed by atoms with E-state index in [1.54, 1.807) is 12.1 Å². The number of thiophene rings is 1. The third kappa shape index (κ3) is 2.71. The van der Waals surface area contributed by atoms with Crippen molar-refractivity contribution >= 4 is 45.4 Å². The highest BCUT2D eigenvalue weighted by Crippen LogP contribution is 2.24. The van der Waals surface area contributed by atoms with Gasteiger partial charge < -0.3 is 4.52 Å². The zero-order chi connectivity index (χ0) is 16.7. The van der Waals surface area contributed by atoms with E-state index in [-0.39, 0.29) is 12.1 Å². The molecule has 0 saturated carbocycles. The highest BCUT2D eigenvalue weighted by molar-refractivity contribution is 7.13. The molecule has 0 aliphatic carbocycles. The Kier molecular flexibility index (Phi) is 3.84. The minimum Gasteiger partial charge on any atom is -0.337 e. The van der Waals surface area contributed by atoms with Crippen LogP contribution in [0.25, 0.3) is 21.6 Å². The summed E-state index contributed by atoms with van der Waals surface area (Å²) in [4.78, 5) is 22.0. The lowest BCUT2D eigenvalue weighted by molar-refractivity contribution is 0.370. The van der Waals surface area contributed by atoms with Gasteiger partial charge >= 0.3 is 0 Å². The maximum absolute atomic E-state index is 12.6. The number of halogens is 2. The van der Waals surface area contributed by atoms with Crippen LogP contribution in [0.5, 0.6) is 0 Å². The topological polar surface area (TPSA) is 73.8 Å². The van der Waals surface area contributed by atoms with Gasteiger partial charge in [0.2, 0.25) is 11.7 Å². The predicted molar refractivity (Wildman–Crippen MR) is 92.7 cm³/mol. The third-order valence-electron chi connectivity index (χ3n) is 3.36. The van der Waals surface area contributed by atoms with Gasteiger partial charge in [0.15, 0.2) is 0 Å². The van der Waals surface area contributed by atoms with Crippen molar-refractivity contribution in [1.29, 1.82) is 0 Å². The Balaban J connectivity index is 1.73. The van der Waals surface area contributed by atoms with E-state index in [0.29, 0.717) is 32.7 Å². The summed E-state index contributed by atoms with van der Waals surface area (Å²) in [6.07, 6.45) is 1.40. The van der Waals surface area contributed by atoms with Crippen molar-refractivity contribution in [2.24, 2.45) is 0 Å². The Labute approximate surface area is 149 Å². The van der Waals surface area contributed by atoms with Crippen molar-refractivity contribution in [1.82, 2.24) is 19.7 Å². The largest absolute Gasteiger partial charge is 0.337 e. The van der Waals surface area contributed by atoms with Crippen molar-refractivity contribution < 1.29 is 4.52 Å². The van der Waals surface area contributed by atoms with Gasteiger partial charge in [-0.15, -0.1) is 11.3 Å². The predicted octanol–water partition coefficient (Wildman–Crippen LogP) is 3.86. The zero-order valence-corrected chi connectivity index (χ0v) is 14.3. The number of hydrogen-bond donors (Lipinski definition) is 0. The number of hydrogen-bond acceptors (Lipinski definition) is 6. The molecule has 24 heavy (non-hydrogen) atoms. The lowest BCUT2D eigenvalue weighted by Gasteiger charge is -2.05. The number of benzene rings is 1. The molecule has 0 fully saturated rings. The summed E-state index contributed by atoms with van der Waals surface area (Å²) in [5, 5.41) is 6.90. The van der Waals surface area contributed by atoms with E-state index in [9.17, 15) is 4.79 Å². The van der Waals surface area contributed by atoms with Crippen LogP contribution in [-0.2, 0) is 6.54 Å². The monoisotopic (exact) mass is 378 g/mol. The number of aromatic nitrogens is 4. The number of nitrogens with zero attached hydrogens (tertiary/aromatic N) is 4. The quantitative estimate of drug-likeness (QED) is 0.540. The molecule has 3 heterocycles. The first-order valence-corrected chi connectivity index (χ1v) is 8.46. The van der Waals surface area contributed by atoms with E-state index in [1.807, 2.05) is 17.5 Å². The van der Waals surface area contributed by atoms with E-state index >= 15 is 0 Å². The summed E-state index contributed by atoms with van der Waals surface area (Å²) in [6, 6.07) is 6.89. The van der Waals surface area contributed by atoms with Crippen LogP contribution >= 0.6 is 34.5 Å². The molecule has 0 radical (unpaired) electrons. The molecule has 3 aromatic heterocycles. The first kappa shape index (κ1) is 15.3. The maximum Gasteiger partial charge on any atom is 0.261 e. The molecule has 1 aromatic carbocycles. The van der Waals surface area contributed by atoms with Crippen LogP contribution in [0.4, 0.5) is 0 Å². The second kappa shape index (κ2) is 6.01. The summed E-state index contributed by atoms with van der Waals surface area (Å²) >= 11 is 13.5. The molecule has 4 rings (SSSR count). The first-order chi connectivity index (χ1) is 11.6. The van der Waals surface area contributed by atoms with Crippen LogP contribution in [0.2, 0.25) is 10.0 Å². The fourth-order valence-corrected chi connectivity index (χ4v) is 3.47. The summed E-state index contributed by atoms with van der Waals surface area (Å²) in [5.41, 5.74) is 0.132. The third-order valence-corrected chi connectivity index (χ3v) is 4.73. The molecular weight excluding hydrogens is 371 g/mol. The number of rotatable bonds is 3. The molecule has 6 nitrogen and oxygen atoms in total. The highest BCUT2D eigenvalue weighted by atomic mass is 35.5. The molecule has 0 unspecified atom stereocenters. The minimum absolute atomic E-state index is 0.115. The van der Waals surface area contributed by atoms with Crippen molar-refractivity contribution in [3.05, 3.63) is 62.3 Å². The van der Waals surface area contributed by atoms with Crippen LogP contribution < -0.4 is 5.56 Å². The number of fused-ring (bicyclic) bond motifs is 1. The fourth-order valence-electron chi connectivity index (χ4n) is 2.28. The average molecular weight is 379 g/mol. The second-order valence-electron chi connectivity index (χ2n) is 4.95. The summed E-state index contributed by atoms with van der Waals surface area (Å²) < 4.78 is 6.59. The Hall–Kier alpha value is -2.22. The molecule has 0 saturated heterocycles. The van der Waals surface area contributed by atoms with Crippen molar-refractivity contribution in [2.75, 3.05) is 0 Å². The van der Waals surface area contributed by atoms with Gasteiger partial charge in [0.1, 0.15) is 6.54 Å². The molecule has 0 atom stereocenters. The molecule has 9 heteroatoms. The van der Waals surface area contributed by atoms with Gasteiger partial charge in [0.05, 0.1) is 27.1 Å². The average Bonchev–Trinajstić information content (AvgIpc) is 3.21. The Bertz CT molecular complexity index is 1090. The van der Waals surface area contributed by atoms with Crippen LogP contribution in [0, 0.1) is 0 Å². The fraction of sp³-hybridized carbons (Fsp3) is 0.0667. The van der Waals surface area contributed by atoms with Crippen molar-refractivity contribution in [2.45, 2.75) is 6.54 Å². The summed E-state index contributed by atoms with van der Waals surface area (Å²) in [6.45, 7) is 0.115. The normalized spacial score (nSPS) is 11.2. The van der Waals surface area contributed by atoms with E-state index in [1.165, 1.54) is 22.2 Å². The van der Waals surface area contributed by atoms with Gasteiger partial charge in [-0.25, -0.2) is 4.98 Å². The van der Waals surface area contributed by atoms with Gasteiger partial charge in [-0.2, -0.15) is 4.98 Å². The standard InChI is InChI=1S/C15H8Cl2N4O2S/c16-8-4-9-13(10(17)5-8)18-7-21(15(9)22)6-12-19-14(20-23-12)11-2-1-3-24-11/h1-5,7H,6H2. The SMILES string of the molecule is O=c1c2cc(Cl)cc(Cl)c2ncn1Cc1nc(-c2cccs2)no1. The Morgan fingerprint density at radius 1 is 1.29 bits per heavy atom. The summed E-state index contributed by atoms with van der Waals surface area (Å²) in [7, 11) is 0. The molecular formula is C15H8Cl2N4O2S. The Morgan fingerprint density at radius 2 is 2.17 bits per heavy atom. The molecule has 4 aromatic rings. The van der Waals surface area contributed by atoms with Gasteiger partial charge in [-0.05, 0) is 23.6 Å². The highest BCUT2D eigenvalue weighted by Gasteiger charge is 2.13. The van der Waals surface area contributed by atoms with E-state index in [0.717, 1.165) is 4.88 Å². The smallest absolute Gasteiger partial charge is 0.261 e. The maximum atomic E-state index is 12.6. The van der Waals surface area contributed by atoms with Gasteiger partial charge in [0, 0.05) is 5.02 Å². The van der Waals surface area contributed by atoms with Crippen LogP contribution in [0.3, 0.4) is 0 Å². The van der Waals surface area contributed by atoms with Crippen LogP contribution in [0.15, 0.2) is 45.3 Å². The molecule has 120 valence electrons. The van der Waals surface area contributed by atoms with Crippen molar-refractivity contribution in [3.8, 4) is 10.7 Å². The van der Waals surface area contributed by atoms with E-state index in [4.69, 9.17) is 27.7 Å². The van der Waals surface area contributed by atoms with Crippen LogP contribution in [-0.4, -0.2) is 19.7 Å². The first-order valence-electron chi connectivity index (χ1n) is 6.82. The molecule has 0 spiro atoms. The molecule has 0 aliphatic rings. The molecule has 0 amide bonds. The molecule has 0 bridgehead atoms. The van der Waals surface area contributed by atoms with Crippen molar-refractivity contribution in [3.63, 3.8) is 0 Å². The lowest BCUT2D eigenvalue weighted by atomic mass is 10.2. The van der Waals surface area contributed by atoms with E-state index < -0.39 is 0 Å². The van der Waals surface area contributed by atoms with Gasteiger partial charge in [-0.3, -0.25) is 9.36 Å². The minimum atomic E-state index is -0.278. The van der Waals surface area contributed by atoms with Crippen LogP contribution in [0.1, 0.15) is 5.89 Å². The summed E-state index contributed by atoms with van der Waals surface area (Å²) in [5.74, 6) is 0.808. The Morgan fingerprint density at radius 3 is 2.96 bits per heavy atom. The lowest BCUT2D eigenvalue weighted by Crippen LogP contribution is -2.21.